The Labute approximate surface area is 263 Å². The molecule has 0 spiro atoms. The van der Waals surface area contributed by atoms with E-state index >= 15 is 0 Å². The van der Waals surface area contributed by atoms with E-state index in [4.69, 9.17) is 0 Å². The van der Waals surface area contributed by atoms with Gasteiger partial charge in [0.2, 0.25) is 0 Å². The van der Waals surface area contributed by atoms with E-state index in [9.17, 15) is 0 Å². The van der Waals surface area contributed by atoms with Crippen LogP contribution >= 0.6 is 0 Å². The van der Waals surface area contributed by atoms with Crippen LogP contribution in [0, 0.1) is 11.8 Å². The van der Waals surface area contributed by atoms with Crippen molar-refractivity contribution in [3.8, 4) is 11.4 Å². The van der Waals surface area contributed by atoms with Gasteiger partial charge in [-0.25, -0.2) is 0 Å². The van der Waals surface area contributed by atoms with Gasteiger partial charge in [-0.05, 0) is 97.2 Å². The number of nitrogens with zero attached hydrogens (tertiary/aromatic N) is 2. The second kappa shape index (κ2) is 9.46. The van der Waals surface area contributed by atoms with E-state index < -0.39 is 0 Å². The highest BCUT2D eigenvalue weighted by Gasteiger charge is 2.56. The van der Waals surface area contributed by atoms with Crippen LogP contribution < -0.4 is 0 Å². The summed E-state index contributed by atoms with van der Waals surface area (Å²) in [6.45, 7) is 0. The molecule has 2 aromatic heterocycles. The average molecular weight is 579 g/mol. The molecular weight excluding hydrogens is 544 g/mol. The summed E-state index contributed by atoms with van der Waals surface area (Å²) in [5.74, 6) is 1.39. The van der Waals surface area contributed by atoms with E-state index in [0.29, 0.717) is 11.8 Å². The first-order valence-corrected chi connectivity index (χ1v) is 16.5. The summed E-state index contributed by atoms with van der Waals surface area (Å²) in [6.07, 6.45) is 5.31. The van der Waals surface area contributed by atoms with Gasteiger partial charge >= 0.3 is 0 Å². The quantitative estimate of drug-likeness (QED) is 0.197. The fourth-order valence-electron chi connectivity index (χ4n) is 9.62. The highest BCUT2D eigenvalue weighted by Crippen LogP contribution is 2.62. The zero-order valence-corrected chi connectivity index (χ0v) is 25.2. The molecule has 2 heteroatoms. The second-order valence-electron chi connectivity index (χ2n) is 13.3. The molecule has 10 rings (SSSR count). The van der Waals surface area contributed by atoms with E-state index in [-0.39, 0.29) is 5.41 Å². The monoisotopic (exact) mass is 578 g/mol. The molecule has 0 radical (unpaired) electrons. The zero-order valence-electron chi connectivity index (χ0n) is 25.2. The lowest BCUT2D eigenvalue weighted by Gasteiger charge is -2.36. The van der Waals surface area contributed by atoms with Crippen LogP contribution in [-0.4, -0.2) is 9.13 Å². The Bertz CT molecular complexity index is 2100. The van der Waals surface area contributed by atoms with Gasteiger partial charge in [0.05, 0.1) is 22.1 Å². The zero-order chi connectivity index (χ0) is 29.5. The van der Waals surface area contributed by atoms with Crippen LogP contribution in [0.3, 0.4) is 0 Å². The van der Waals surface area contributed by atoms with E-state index in [1.165, 1.54) is 91.8 Å². The molecule has 8 aromatic rings. The molecule has 0 aliphatic heterocycles. The van der Waals surface area contributed by atoms with Crippen molar-refractivity contribution < 1.29 is 0 Å². The van der Waals surface area contributed by atoms with Crippen LogP contribution in [0.15, 0.2) is 146 Å². The van der Waals surface area contributed by atoms with Crippen LogP contribution in [0.25, 0.3) is 55.0 Å². The van der Waals surface area contributed by atoms with Crippen molar-refractivity contribution in [2.45, 2.75) is 31.1 Å². The van der Waals surface area contributed by atoms with Crippen molar-refractivity contribution in [2.24, 2.45) is 11.8 Å². The fraction of sp³-hybridized carbons (Fsp3) is 0.163. The lowest BCUT2D eigenvalue weighted by Crippen LogP contribution is -2.33. The Morgan fingerprint density at radius 3 is 0.956 bits per heavy atom. The summed E-state index contributed by atoms with van der Waals surface area (Å²) >= 11 is 0. The van der Waals surface area contributed by atoms with Crippen LogP contribution in [-0.2, 0) is 5.41 Å². The number of fused-ring (bicyclic) bond motifs is 8. The maximum atomic E-state index is 2.45. The molecule has 0 amide bonds. The Morgan fingerprint density at radius 1 is 0.356 bits per heavy atom. The van der Waals surface area contributed by atoms with Crippen LogP contribution in [0.5, 0.6) is 0 Å². The third-order valence-corrected chi connectivity index (χ3v) is 11.4. The Balaban J connectivity index is 1.10. The summed E-state index contributed by atoms with van der Waals surface area (Å²) in [5.41, 5.74) is 10.6. The van der Waals surface area contributed by atoms with E-state index in [2.05, 4.69) is 155 Å². The van der Waals surface area contributed by atoms with Crippen molar-refractivity contribution in [1.82, 2.24) is 9.13 Å². The normalized spacial score (nSPS) is 18.9. The molecular formula is C43H34N2. The first kappa shape index (κ1) is 25.3. The first-order valence-electron chi connectivity index (χ1n) is 16.5. The Morgan fingerprint density at radius 2 is 0.644 bits per heavy atom. The highest BCUT2D eigenvalue weighted by molar-refractivity contribution is 6.10. The molecule has 0 N–H and O–H groups in total. The van der Waals surface area contributed by atoms with Gasteiger partial charge < -0.3 is 9.13 Å². The van der Waals surface area contributed by atoms with E-state index in [1.807, 2.05) is 0 Å². The van der Waals surface area contributed by atoms with Crippen molar-refractivity contribution in [2.75, 3.05) is 0 Å². The molecule has 0 unspecified atom stereocenters. The molecule has 216 valence electrons. The minimum atomic E-state index is 0.0821. The molecule has 2 saturated carbocycles. The molecule has 2 aliphatic carbocycles. The highest BCUT2D eigenvalue weighted by atomic mass is 15.0. The molecule has 2 bridgehead atoms. The average Bonchev–Trinajstić information content (AvgIpc) is 3.85. The standard InChI is InChI=1S/C43H34N2/c1-5-13-39-35(9-1)36-10-2-6-14-40(36)44(39)33-25-21-31(22-26-33)43(29-17-18-30(43)20-19-29)32-23-27-34(28-24-32)45-41-15-7-3-11-37(41)38-12-4-8-16-42(38)45/h1-16,21-30H,17-20H2. The second-order valence-corrected chi connectivity index (χ2v) is 13.3. The maximum Gasteiger partial charge on any atom is 0.0541 e. The summed E-state index contributed by atoms with van der Waals surface area (Å²) in [5, 5.41) is 5.24. The number of aromatic nitrogens is 2. The largest absolute Gasteiger partial charge is 0.309 e. The van der Waals surface area contributed by atoms with Gasteiger partial charge in [-0.2, -0.15) is 0 Å². The van der Waals surface area contributed by atoms with Crippen molar-refractivity contribution >= 4 is 43.6 Å². The van der Waals surface area contributed by atoms with E-state index in [0.717, 1.165) is 0 Å². The molecule has 2 fully saturated rings. The predicted molar refractivity (Wildman–Crippen MR) is 188 cm³/mol. The van der Waals surface area contributed by atoms with Crippen LogP contribution in [0.2, 0.25) is 0 Å². The number of hydrogen-bond donors (Lipinski definition) is 0. The third-order valence-electron chi connectivity index (χ3n) is 11.4. The van der Waals surface area contributed by atoms with Crippen LogP contribution in [0.4, 0.5) is 0 Å². The van der Waals surface area contributed by atoms with Gasteiger partial charge in [0.1, 0.15) is 0 Å². The van der Waals surface area contributed by atoms with Gasteiger partial charge in [0.25, 0.3) is 0 Å². The molecule has 2 nitrogen and oxygen atoms in total. The lowest BCUT2D eigenvalue weighted by atomic mass is 9.67. The molecule has 0 atom stereocenters. The number of benzene rings is 6. The van der Waals surface area contributed by atoms with Crippen molar-refractivity contribution in [3.63, 3.8) is 0 Å². The summed E-state index contributed by atoms with van der Waals surface area (Å²) in [6, 6.07) is 54.5. The molecule has 2 aliphatic rings. The summed E-state index contributed by atoms with van der Waals surface area (Å²) in [4.78, 5) is 0. The van der Waals surface area contributed by atoms with Gasteiger partial charge in [-0.1, -0.05) is 97.1 Å². The first-order chi connectivity index (χ1) is 22.3. The number of para-hydroxylation sites is 4. The van der Waals surface area contributed by atoms with Gasteiger partial charge in [-0.15, -0.1) is 0 Å². The molecule has 2 heterocycles. The summed E-state index contributed by atoms with van der Waals surface area (Å²) in [7, 11) is 0. The Kier molecular flexibility index (Phi) is 5.31. The van der Waals surface area contributed by atoms with Gasteiger partial charge in [-0.3, -0.25) is 0 Å². The fourth-order valence-corrected chi connectivity index (χ4v) is 9.62. The topological polar surface area (TPSA) is 9.86 Å². The van der Waals surface area contributed by atoms with Crippen molar-refractivity contribution in [1.29, 1.82) is 0 Å². The minimum Gasteiger partial charge on any atom is -0.309 e. The lowest BCUT2D eigenvalue weighted by molar-refractivity contribution is 0.390. The molecule has 6 aromatic carbocycles. The number of rotatable bonds is 4. The van der Waals surface area contributed by atoms with Crippen molar-refractivity contribution in [3.05, 3.63) is 157 Å². The van der Waals surface area contributed by atoms with Gasteiger partial charge in [0.15, 0.2) is 0 Å². The predicted octanol–water partition coefficient (Wildman–Crippen LogP) is 11.0. The summed E-state index contributed by atoms with van der Waals surface area (Å²) < 4.78 is 4.87. The molecule has 45 heavy (non-hydrogen) atoms. The SMILES string of the molecule is c1ccc2c(c1)c1ccccc1n2-c1ccc(C2(c3ccc(-n4c5ccccc5c5ccccc54)cc3)C3CCC2CC3)cc1. The smallest absolute Gasteiger partial charge is 0.0541 e. The minimum absolute atomic E-state index is 0.0821. The van der Waals surface area contributed by atoms with E-state index in [1.54, 1.807) is 0 Å². The maximum absolute atomic E-state index is 2.45. The van der Waals surface area contributed by atoms with Gasteiger partial charge in [0, 0.05) is 38.3 Å². The third kappa shape index (κ3) is 3.40. The Hall–Kier alpha value is -5.08. The van der Waals surface area contributed by atoms with Crippen LogP contribution in [0.1, 0.15) is 36.8 Å². The molecule has 0 saturated heterocycles. The number of hydrogen-bond acceptors (Lipinski definition) is 0.